The maximum atomic E-state index is 13.3. The van der Waals surface area contributed by atoms with Gasteiger partial charge in [-0.1, -0.05) is 24.3 Å². The molecule has 0 spiro atoms. The highest BCUT2D eigenvalue weighted by molar-refractivity contribution is 7.92. The number of amides is 2. The number of benzene rings is 2. The number of carbonyl (C=O) groups excluding carboxylic acids is 2. The third-order valence-electron chi connectivity index (χ3n) is 6.14. The molecular weight excluding hydrogens is 426 g/mol. The summed E-state index contributed by atoms with van der Waals surface area (Å²) in [6, 6.07) is 12.0. The van der Waals surface area contributed by atoms with Gasteiger partial charge in [0.2, 0.25) is 5.91 Å². The van der Waals surface area contributed by atoms with Crippen molar-refractivity contribution in [3.8, 4) is 0 Å². The third-order valence-corrected chi connectivity index (χ3v) is 7.51. The average molecular weight is 456 g/mol. The first kappa shape index (κ1) is 22.3. The van der Waals surface area contributed by atoms with Crippen molar-refractivity contribution in [2.75, 3.05) is 17.8 Å². The van der Waals surface area contributed by atoms with Crippen LogP contribution in [-0.4, -0.2) is 44.3 Å². The molecule has 170 valence electrons. The summed E-state index contributed by atoms with van der Waals surface area (Å²) >= 11 is 0. The van der Waals surface area contributed by atoms with Gasteiger partial charge in [0.15, 0.2) is 0 Å². The summed E-state index contributed by atoms with van der Waals surface area (Å²) in [7, 11) is -3.85. The summed E-state index contributed by atoms with van der Waals surface area (Å²) in [6.07, 6.45) is 3.56. The molecule has 2 N–H and O–H groups in total. The molecule has 2 fully saturated rings. The number of aryl methyl sites for hydroxylation is 2. The molecule has 0 aromatic heterocycles. The van der Waals surface area contributed by atoms with Gasteiger partial charge in [0.05, 0.1) is 16.5 Å². The van der Waals surface area contributed by atoms with Crippen LogP contribution in [0.25, 0.3) is 0 Å². The van der Waals surface area contributed by atoms with Crippen LogP contribution in [0.2, 0.25) is 0 Å². The Labute approximate surface area is 189 Å². The standard InChI is InChI=1S/C24H29N3O4S/c1-16-9-12-20(32(30,31)26-22-8-4-3-6-17(22)2)14-21(16)24(29)27-13-5-7-18(15-27)23(28)25-19-10-11-19/h3-4,6,8-9,12,14,18-19,26H,5,7,10-11,13,15H2,1-2H3,(H,25,28). The Bertz CT molecular complexity index is 1140. The minimum absolute atomic E-state index is 0.0143. The molecule has 1 heterocycles. The van der Waals surface area contributed by atoms with E-state index in [2.05, 4.69) is 10.0 Å². The van der Waals surface area contributed by atoms with Crippen molar-refractivity contribution in [3.05, 3.63) is 59.2 Å². The summed E-state index contributed by atoms with van der Waals surface area (Å²) in [4.78, 5) is 27.5. The summed E-state index contributed by atoms with van der Waals surface area (Å²) in [5, 5.41) is 3.03. The van der Waals surface area contributed by atoms with Gasteiger partial charge in [-0.3, -0.25) is 14.3 Å². The van der Waals surface area contributed by atoms with Gasteiger partial charge in [-0.25, -0.2) is 8.42 Å². The van der Waals surface area contributed by atoms with E-state index in [9.17, 15) is 18.0 Å². The average Bonchev–Trinajstić information content (AvgIpc) is 3.59. The van der Waals surface area contributed by atoms with Crippen molar-refractivity contribution in [2.24, 2.45) is 5.92 Å². The molecule has 4 rings (SSSR count). The van der Waals surface area contributed by atoms with Crippen LogP contribution in [0.15, 0.2) is 47.4 Å². The predicted octanol–water partition coefficient (Wildman–Crippen LogP) is 3.24. The number of rotatable bonds is 6. The fraction of sp³-hybridized carbons (Fsp3) is 0.417. The van der Waals surface area contributed by atoms with Crippen LogP contribution in [0.1, 0.15) is 47.2 Å². The van der Waals surface area contributed by atoms with Crippen LogP contribution in [-0.2, 0) is 14.8 Å². The summed E-state index contributed by atoms with van der Waals surface area (Å²) < 4.78 is 28.6. The van der Waals surface area contributed by atoms with Gasteiger partial charge in [0, 0.05) is 24.7 Å². The zero-order valence-electron chi connectivity index (χ0n) is 18.4. The minimum atomic E-state index is -3.85. The molecule has 1 unspecified atom stereocenters. The van der Waals surface area contributed by atoms with Crippen LogP contribution < -0.4 is 10.0 Å². The van der Waals surface area contributed by atoms with E-state index >= 15 is 0 Å². The van der Waals surface area contributed by atoms with E-state index in [1.165, 1.54) is 12.1 Å². The lowest BCUT2D eigenvalue weighted by molar-refractivity contribution is -0.126. The fourth-order valence-corrected chi connectivity index (χ4v) is 5.14. The van der Waals surface area contributed by atoms with Crippen LogP contribution in [0.4, 0.5) is 5.69 Å². The van der Waals surface area contributed by atoms with Crippen LogP contribution in [0.3, 0.4) is 0 Å². The van der Waals surface area contributed by atoms with Crippen molar-refractivity contribution in [3.63, 3.8) is 0 Å². The van der Waals surface area contributed by atoms with Gasteiger partial charge in [0.25, 0.3) is 15.9 Å². The van der Waals surface area contributed by atoms with Gasteiger partial charge in [-0.2, -0.15) is 0 Å². The van der Waals surface area contributed by atoms with Crippen molar-refractivity contribution in [2.45, 2.75) is 50.5 Å². The lowest BCUT2D eigenvalue weighted by Crippen LogP contribution is -2.46. The highest BCUT2D eigenvalue weighted by Crippen LogP contribution is 2.25. The zero-order chi connectivity index (χ0) is 22.9. The quantitative estimate of drug-likeness (QED) is 0.699. The topological polar surface area (TPSA) is 95.6 Å². The molecule has 2 aromatic carbocycles. The van der Waals surface area contributed by atoms with E-state index in [0.29, 0.717) is 35.9 Å². The molecule has 7 nitrogen and oxygen atoms in total. The fourth-order valence-electron chi connectivity index (χ4n) is 3.98. The van der Waals surface area contributed by atoms with Crippen molar-refractivity contribution in [1.82, 2.24) is 10.2 Å². The SMILES string of the molecule is Cc1ccccc1NS(=O)(=O)c1ccc(C)c(C(=O)N2CCCC(C(=O)NC3CC3)C2)c1. The Hall–Kier alpha value is -2.87. The Kier molecular flexibility index (Phi) is 6.24. The van der Waals surface area contributed by atoms with Crippen LogP contribution in [0, 0.1) is 19.8 Å². The van der Waals surface area contributed by atoms with E-state index in [4.69, 9.17) is 0 Å². The number of nitrogens with one attached hydrogen (secondary N) is 2. The Morgan fingerprint density at radius 1 is 1.00 bits per heavy atom. The summed E-state index contributed by atoms with van der Waals surface area (Å²) in [6.45, 7) is 4.53. The number of piperidine rings is 1. The molecule has 2 aromatic rings. The molecule has 0 bridgehead atoms. The highest BCUT2D eigenvalue weighted by Gasteiger charge is 2.32. The van der Waals surface area contributed by atoms with Crippen molar-refractivity contribution < 1.29 is 18.0 Å². The second kappa shape index (κ2) is 8.94. The number of sulfonamides is 1. The molecular formula is C24H29N3O4S. The van der Waals surface area contributed by atoms with E-state index < -0.39 is 10.0 Å². The summed E-state index contributed by atoms with van der Waals surface area (Å²) in [5.74, 6) is -0.442. The molecule has 2 aliphatic rings. The Morgan fingerprint density at radius 2 is 1.75 bits per heavy atom. The van der Waals surface area contributed by atoms with Crippen molar-refractivity contribution >= 4 is 27.5 Å². The van der Waals surface area contributed by atoms with E-state index in [0.717, 1.165) is 31.2 Å². The molecule has 1 saturated carbocycles. The lowest BCUT2D eigenvalue weighted by Gasteiger charge is -2.32. The smallest absolute Gasteiger partial charge is 0.261 e. The first-order chi connectivity index (χ1) is 15.2. The Balaban J connectivity index is 1.53. The number of para-hydroxylation sites is 1. The van der Waals surface area contributed by atoms with Gasteiger partial charge >= 0.3 is 0 Å². The number of hydrogen-bond donors (Lipinski definition) is 2. The molecule has 8 heteroatoms. The first-order valence-electron chi connectivity index (χ1n) is 11.0. The molecule has 0 radical (unpaired) electrons. The van der Waals surface area contributed by atoms with E-state index in [1.807, 2.05) is 19.1 Å². The molecule has 1 atom stereocenters. The molecule has 32 heavy (non-hydrogen) atoms. The first-order valence-corrected chi connectivity index (χ1v) is 12.5. The maximum absolute atomic E-state index is 13.3. The number of hydrogen-bond acceptors (Lipinski definition) is 4. The monoisotopic (exact) mass is 455 g/mol. The molecule has 1 aliphatic carbocycles. The van der Waals surface area contributed by atoms with Gasteiger partial charge < -0.3 is 10.2 Å². The molecule has 1 saturated heterocycles. The second-order valence-electron chi connectivity index (χ2n) is 8.77. The predicted molar refractivity (Wildman–Crippen MR) is 123 cm³/mol. The largest absolute Gasteiger partial charge is 0.353 e. The normalized spacial score (nSPS) is 18.8. The van der Waals surface area contributed by atoms with Crippen molar-refractivity contribution in [1.29, 1.82) is 0 Å². The highest BCUT2D eigenvalue weighted by atomic mass is 32.2. The lowest BCUT2D eigenvalue weighted by atomic mass is 9.96. The number of likely N-dealkylation sites (tertiary alicyclic amines) is 1. The zero-order valence-corrected chi connectivity index (χ0v) is 19.2. The summed E-state index contributed by atoms with van der Waals surface area (Å²) in [5.41, 5.74) is 2.36. The number of carbonyl (C=O) groups is 2. The van der Waals surface area contributed by atoms with Crippen LogP contribution in [0.5, 0.6) is 0 Å². The molecule has 2 amide bonds. The van der Waals surface area contributed by atoms with Gasteiger partial charge in [-0.05, 0) is 68.9 Å². The van der Waals surface area contributed by atoms with Crippen LogP contribution >= 0.6 is 0 Å². The second-order valence-corrected chi connectivity index (χ2v) is 10.5. The minimum Gasteiger partial charge on any atom is -0.353 e. The van der Waals surface area contributed by atoms with Gasteiger partial charge in [0.1, 0.15) is 0 Å². The number of anilines is 1. The Morgan fingerprint density at radius 3 is 2.47 bits per heavy atom. The molecule has 1 aliphatic heterocycles. The van der Waals surface area contributed by atoms with Gasteiger partial charge in [-0.15, -0.1) is 0 Å². The third kappa shape index (κ3) is 4.96. The maximum Gasteiger partial charge on any atom is 0.261 e. The van der Waals surface area contributed by atoms with E-state index in [-0.39, 0.29) is 22.6 Å². The number of nitrogens with zero attached hydrogens (tertiary/aromatic N) is 1. The van der Waals surface area contributed by atoms with E-state index in [1.54, 1.807) is 30.0 Å².